The van der Waals surface area contributed by atoms with Crippen molar-refractivity contribution in [2.45, 2.75) is 32.6 Å². The second kappa shape index (κ2) is 6.88. The van der Waals surface area contributed by atoms with Crippen molar-refractivity contribution in [1.29, 1.82) is 0 Å². The van der Waals surface area contributed by atoms with E-state index in [1.807, 2.05) is 6.07 Å². The predicted molar refractivity (Wildman–Crippen MR) is 88.4 cm³/mol. The van der Waals surface area contributed by atoms with Crippen molar-refractivity contribution in [3.63, 3.8) is 0 Å². The van der Waals surface area contributed by atoms with Gasteiger partial charge in [0.15, 0.2) is 11.5 Å². The molecule has 0 aromatic heterocycles. The molecule has 0 radical (unpaired) electrons. The summed E-state index contributed by atoms with van der Waals surface area (Å²) < 4.78 is 10.9. The summed E-state index contributed by atoms with van der Waals surface area (Å²) in [4.78, 5) is 2.59. The van der Waals surface area contributed by atoms with E-state index in [0.29, 0.717) is 25.2 Å². The van der Waals surface area contributed by atoms with Crippen LogP contribution in [0.25, 0.3) is 0 Å². The highest BCUT2D eigenvalue weighted by molar-refractivity contribution is 5.45. The number of piperidine rings is 1. The summed E-state index contributed by atoms with van der Waals surface area (Å²) in [6, 6.07) is 6.31. The summed E-state index contributed by atoms with van der Waals surface area (Å²) in [6.45, 7) is 9.23. The minimum absolute atomic E-state index is 0.333. The molecule has 122 valence electrons. The van der Waals surface area contributed by atoms with Crippen molar-refractivity contribution in [3.05, 3.63) is 23.8 Å². The molecule has 0 spiro atoms. The zero-order chi connectivity index (χ0) is 15.5. The molecule has 1 aromatic carbocycles. The summed E-state index contributed by atoms with van der Waals surface area (Å²) in [5.74, 6) is 3.57. The Morgan fingerprint density at radius 2 is 1.91 bits per heavy atom. The Morgan fingerprint density at radius 3 is 2.59 bits per heavy atom. The molecule has 0 amide bonds. The van der Waals surface area contributed by atoms with Crippen molar-refractivity contribution >= 4 is 0 Å². The van der Waals surface area contributed by atoms with E-state index in [1.165, 1.54) is 38.0 Å². The van der Waals surface area contributed by atoms with Gasteiger partial charge in [-0.25, -0.2) is 0 Å². The number of rotatable bonds is 5. The molecule has 2 aliphatic heterocycles. The molecule has 1 unspecified atom stereocenters. The van der Waals surface area contributed by atoms with E-state index >= 15 is 0 Å². The fraction of sp³-hybridized carbons (Fsp3) is 0.667. The topological polar surface area (TPSA) is 47.7 Å². The van der Waals surface area contributed by atoms with Gasteiger partial charge in [0.2, 0.25) is 6.79 Å². The number of nitrogens with zero attached hydrogens (tertiary/aromatic N) is 1. The summed E-state index contributed by atoms with van der Waals surface area (Å²) in [6.07, 6.45) is 2.48. The van der Waals surface area contributed by atoms with Gasteiger partial charge in [0.1, 0.15) is 0 Å². The first-order valence-electron chi connectivity index (χ1n) is 8.49. The highest BCUT2D eigenvalue weighted by Crippen LogP contribution is 2.38. The molecule has 0 bridgehead atoms. The first kappa shape index (κ1) is 15.6. The van der Waals surface area contributed by atoms with Gasteiger partial charge in [-0.1, -0.05) is 19.9 Å². The second-order valence-electron chi connectivity index (χ2n) is 6.99. The van der Waals surface area contributed by atoms with Gasteiger partial charge in [-0.05, 0) is 67.9 Å². The van der Waals surface area contributed by atoms with E-state index in [4.69, 9.17) is 15.2 Å². The molecule has 1 fully saturated rings. The maximum absolute atomic E-state index is 6.11. The Morgan fingerprint density at radius 1 is 1.18 bits per heavy atom. The van der Waals surface area contributed by atoms with Gasteiger partial charge in [0, 0.05) is 6.54 Å². The number of fused-ring (bicyclic) bond motifs is 1. The molecule has 4 heteroatoms. The second-order valence-corrected chi connectivity index (χ2v) is 6.99. The van der Waals surface area contributed by atoms with Crippen molar-refractivity contribution in [1.82, 2.24) is 4.90 Å². The van der Waals surface area contributed by atoms with E-state index in [-0.39, 0.29) is 0 Å². The number of hydrogen-bond donors (Lipinski definition) is 1. The van der Waals surface area contributed by atoms with E-state index in [2.05, 4.69) is 30.9 Å². The molecule has 0 saturated carbocycles. The lowest BCUT2D eigenvalue weighted by Crippen LogP contribution is -2.38. The van der Waals surface area contributed by atoms with Crippen LogP contribution in [0, 0.1) is 11.8 Å². The molecular formula is C18H28N2O2. The Labute approximate surface area is 133 Å². The molecule has 2 N–H and O–H groups in total. The van der Waals surface area contributed by atoms with Gasteiger partial charge in [0.05, 0.1) is 0 Å². The smallest absolute Gasteiger partial charge is 0.231 e. The number of likely N-dealkylation sites (tertiary alicyclic amines) is 1. The van der Waals surface area contributed by atoms with Crippen molar-refractivity contribution < 1.29 is 9.47 Å². The van der Waals surface area contributed by atoms with Crippen LogP contribution < -0.4 is 15.2 Å². The Balaban J connectivity index is 1.65. The predicted octanol–water partition coefficient (Wildman–Crippen LogP) is 2.83. The van der Waals surface area contributed by atoms with E-state index in [1.54, 1.807) is 0 Å². The summed E-state index contributed by atoms with van der Waals surface area (Å²) in [5.41, 5.74) is 7.41. The van der Waals surface area contributed by atoms with Crippen molar-refractivity contribution in [2.75, 3.05) is 33.0 Å². The largest absolute Gasteiger partial charge is 0.454 e. The quantitative estimate of drug-likeness (QED) is 0.908. The van der Waals surface area contributed by atoms with E-state index < -0.39 is 0 Å². The van der Waals surface area contributed by atoms with Crippen LogP contribution in [0.1, 0.15) is 38.2 Å². The van der Waals surface area contributed by atoms with Crippen molar-refractivity contribution in [3.8, 4) is 11.5 Å². The van der Waals surface area contributed by atoms with Crippen LogP contribution in [0.3, 0.4) is 0 Å². The zero-order valence-electron chi connectivity index (χ0n) is 13.8. The number of ether oxygens (including phenoxy) is 2. The molecule has 22 heavy (non-hydrogen) atoms. The normalized spacial score (nSPS) is 20.5. The van der Waals surface area contributed by atoms with Crippen LogP contribution in [0.5, 0.6) is 11.5 Å². The standard InChI is InChI=1S/C18H28N2O2/c1-13(2)11-20-7-5-14(6-8-20)16(10-19)15-3-4-17-18(9-15)22-12-21-17/h3-4,9,13-14,16H,5-8,10-12,19H2,1-2H3. The SMILES string of the molecule is CC(C)CN1CCC(C(CN)c2ccc3c(c2)OCO3)CC1. The van der Waals surface area contributed by atoms with Crippen LogP contribution >= 0.6 is 0 Å². The summed E-state index contributed by atoms with van der Waals surface area (Å²) in [7, 11) is 0. The molecule has 1 atom stereocenters. The van der Waals surface area contributed by atoms with Crippen LogP contribution in [-0.2, 0) is 0 Å². The zero-order valence-corrected chi connectivity index (χ0v) is 13.8. The lowest BCUT2D eigenvalue weighted by atomic mass is 9.80. The van der Waals surface area contributed by atoms with Gasteiger partial charge in [-0.3, -0.25) is 0 Å². The monoisotopic (exact) mass is 304 g/mol. The van der Waals surface area contributed by atoms with E-state index in [0.717, 1.165) is 17.4 Å². The first-order chi connectivity index (χ1) is 10.7. The molecule has 1 saturated heterocycles. The molecule has 2 heterocycles. The molecule has 1 aromatic rings. The summed E-state index contributed by atoms with van der Waals surface area (Å²) in [5, 5.41) is 0. The fourth-order valence-corrected chi connectivity index (χ4v) is 3.80. The van der Waals surface area contributed by atoms with Crippen LogP contribution in [-0.4, -0.2) is 37.9 Å². The highest BCUT2D eigenvalue weighted by atomic mass is 16.7. The minimum Gasteiger partial charge on any atom is -0.454 e. The molecular weight excluding hydrogens is 276 g/mol. The van der Waals surface area contributed by atoms with E-state index in [9.17, 15) is 0 Å². The molecule has 0 aliphatic carbocycles. The van der Waals surface area contributed by atoms with Gasteiger partial charge >= 0.3 is 0 Å². The van der Waals surface area contributed by atoms with Crippen LogP contribution in [0.4, 0.5) is 0 Å². The number of nitrogens with two attached hydrogens (primary N) is 1. The highest BCUT2D eigenvalue weighted by Gasteiger charge is 2.28. The summed E-state index contributed by atoms with van der Waals surface area (Å²) >= 11 is 0. The van der Waals surface area contributed by atoms with Crippen LogP contribution in [0.2, 0.25) is 0 Å². The van der Waals surface area contributed by atoms with Gasteiger partial charge in [-0.2, -0.15) is 0 Å². The molecule has 4 nitrogen and oxygen atoms in total. The Hall–Kier alpha value is -1.26. The maximum atomic E-state index is 6.11. The minimum atomic E-state index is 0.333. The lowest BCUT2D eigenvalue weighted by molar-refractivity contribution is 0.155. The fourth-order valence-electron chi connectivity index (χ4n) is 3.80. The van der Waals surface area contributed by atoms with Gasteiger partial charge in [-0.15, -0.1) is 0 Å². The molecule has 3 rings (SSSR count). The lowest BCUT2D eigenvalue weighted by Gasteiger charge is -2.36. The van der Waals surface area contributed by atoms with Crippen LogP contribution in [0.15, 0.2) is 18.2 Å². The van der Waals surface area contributed by atoms with Gasteiger partial charge in [0.25, 0.3) is 0 Å². The van der Waals surface area contributed by atoms with Gasteiger partial charge < -0.3 is 20.1 Å². The third-order valence-corrected chi connectivity index (χ3v) is 4.90. The number of benzene rings is 1. The first-order valence-corrected chi connectivity index (χ1v) is 8.49. The average Bonchev–Trinajstić information content (AvgIpc) is 2.97. The maximum Gasteiger partial charge on any atom is 0.231 e. The Bertz CT molecular complexity index is 496. The average molecular weight is 304 g/mol. The van der Waals surface area contributed by atoms with Crippen molar-refractivity contribution in [2.24, 2.45) is 17.6 Å². The number of hydrogen-bond acceptors (Lipinski definition) is 4. The molecule has 2 aliphatic rings. The Kier molecular flexibility index (Phi) is 4.89. The third-order valence-electron chi connectivity index (χ3n) is 4.90. The third kappa shape index (κ3) is 3.39.